The SMILES string of the molecule is CCn1cc(Oc2ccc(CNCC(C)C)nn2)cn1. The molecule has 2 aromatic heterocycles. The van der Waals surface area contributed by atoms with Crippen molar-refractivity contribution in [3.8, 4) is 11.6 Å². The van der Waals surface area contributed by atoms with Crippen LogP contribution in [0.25, 0.3) is 0 Å². The normalized spacial score (nSPS) is 11.0. The lowest BCUT2D eigenvalue weighted by atomic mass is 10.2. The zero-order valence-electron chi connectivity index (χ0n) is 12.2. The van der Waals surface area contributed by atoms with E-state index in [0.29, 0.717) is 17.5 Å². The quantitative estimate of drug-likeness (QED) is 0.839. The van der Waals surface area contributed by atoms with Crippen molar-refractivity contribution in [1.82, 2.24) is 25.3 Å². The molecule has 0 aliphatic carbocycles. The molecule has 0 saturated heterocycles. The number of aryl methyl sites for hydroxylation is 1. The molecule has 1 N–H and O–H groups in total. The molecule has 2 rings (SSSR count). The first-order chi connectivity index (χ1) is 9.67. The Hall–Kier alpha value is -1.95. The van der Waals surface area contributed by atoms with Gasteiger partial charge in [-0.1, -0.05) is 13.8 Å². The van der Waals surface area contributed by atoms with Crippen molar-refractivity contribution in [2.75, 3.05) is 6.54 Å². The number of nitrogens with one attached hydrogen (secondary N) is 1. The Morgan fingerprint density at radius 3 is 2.75 bits per heavy atom. The second-order valence-corrected chi connectivity index (χ2v) is 5.02. The van der Waals surface area contributed by atoms with E-state index >= 15 is 0 Å². The van der Waals surface area contributed by atoms with Crippen molar-refractivity contribution in [3.63, 3.8) is 0 Å². The molecular formula is C14H21N5O. The van der Waals surface area contributed by atoms with Crippen LogP contribution in [0.15, 0.2) is 24.5 Å². The molecule has 6 nitrogen and oxygen atoms in total. The fourth-order valence-corrected chi connectivity index (χ4v) is 1.68. The Kier molecular flexibility index (Phi) is 5.06. The summed E-state index contributed by atoms with van der Waals surface area (Å²) in [6.07, 6.45) is 3.50. The van der Waals surface area contributed by atoms with E-state index in [1.807, 2.05) is 25.3 Å². The lowest BCUT2D eigenvalue weighted by Crippen LogP contribution is -2.19. The van der Waals surface area contributed by atoms with Crippen LogP contribution in [0.5, 0.6) is 11.6 Å². The first-order valence-corrected chi connectivity index (χ1v) is 6.91. The Morgan fingerprint density at radius 2 is 2.15 bits per heavy atom. The van der Waals surface area contributed by atoms with Crippen LogP contribution in [0.3, 0.4) is 0 Å². The zero-order chi connectivity index (χ0) is 14.4. The molecule has 0 saturated carbocycles. The number of hydrogen-bond acceptors (Lipinski definition) is 5. The van der Waals surface area contributed by atoms with Crippen molar-refractivity contribution < 1.29 is 4.74 Å². The van der Waals surface area contributed by atoms with Gasteiger partial charge in [0.15, 0.2) is 5.75 Å². The molecule has 0 amide bonds. The Bertz CT molecular complexity index is 521. The van der Waals surface area contributed by atoms with E-state index in [4.69, 9.17) is 4.74 Å². The average Bonchev–Trinajstić information content (AvgIpc) is 2.88. The molecule has 0 aliphatic rings. The second kappa shape index (κ2) is 7.00. The van der Waals surface area contributed by atoms with Gasteiger partial charge in [0, 0.05) is 19.2 Å². The van der Waals surface area contributed by atoms with E-state index in [0.717, 1.165) is 25.3 Å². The summed E-state index contributed by atoms with van der Waals surface area (Å²) in [5.74, 6) is 1.78. The molecule has 6 heteroatoms. The zero-order valence-corrected chi connectivity index (χ0v) is 12.2. The van der Waals surface area contributed by atoms with Crippen LogP contribution in [-0.2, 0) is 13.1 Å². The molecule has 2 heterocycles. The number of hydrogen-bond donors (Lipinski definition) is 1. The van der Waals surface area contributed by atoms with Gasteiger partial charge in [0.05, 0.1) is 18.1 Å². The van der Waals surface area contributed by atoms with Gasteiger partial charge >= 0.3 is 0 Å². The van der Waals surface area contributed by atoms with E-state index in [-0.39, 0.29) is 0 Å². The average molecular weight is 275 g/mol. The van der Waals surface area contributed by atoms with Gasteiger partial charge in [0.2, 0.25) is 5.88 Å². The Balaban J connectivity index is 1.87. The van der Waals surface area contributed by atoms with Gasteiger partial charge in [-0.3, -0.25) is 4.68 Å². The predicted octanol–water partition coefficient (Wildman–Crippen LogP) is 2.23. The minimum atomic E-state index is 0.480. The fourth-order valence-electron chi connectivity index (χ4n) is 1.68. The summed E-state index contributed by atoms with van der Waals surface area (Å²) in [6.45, 7) is 8.87. The molecule has 0 unspecified atom stereocenters. The summed E-state index contributed by atoms with van der Waals surface area (Å²) in [7, 11) is 0. The smallest absolute Gasteiger partial charge is 0.239 e. The van der Waals surface area contributed by atoms with Gasteiger partial charge in [-0.15, -0.1) is 5.10 Å². The van der Waals surface area contributed by atoms with Crippen molar-refractivity contribution in [3.05, 3.63) is 30.2 Å². The van der Waals surface area contributed by atoms with Gasteiger partial charge in [-0.25, -0.2) is 0 Å². The van der Waals surface area contributed by atoms with Crippen LogP contribution in [-0.4, -0.2) is 26.5 Å². The summed E-state index contributed by atoms with van der Waals surface area (Å²) in [5.41, 5.74) is 0.905. The molecule has 0 aromatic carbocycles. The van der Waals surface area contributed by atoms with Gasteiger partial charge < -0.3 is 10.1 Å². The minimum Gasteiger partial charge on any atom is -0.434 e. The molecule has 20 heavy (non-hydrogen) atoms. The number of rotatable bonds is 7. The van der Waals surface area contributed by atoms with Crippen molar-refractivity contribution in [2.24, 2.45) is 5.92 Å². The molecule has 108 valence electrons. The van der Waals surface area contributed by atoms with Crippen LogP contribution >= 0.6 is 0 Å². The highest BCUT2D eigenvalue weighted by Crippen LogP contribution is 2.17. The van der Waals surface area contributed by atoms with E-state index in [1.54, 1.807) is 10.9 Å². The monoisotopic (exact) mass is 275 g/mol. The first-order valence-electron chi connectivity index (χ1n) is 6.91. The molecule has 0 fully saturated rings. The van der Waals surface area contributed by atoms with E-state index in [1.165, 1.54) is 0 Å². The molecule has 0 radical (unpaired) electrons. The second-order valence-electron chi connectivity index (χ2n) is 5.02. The third-order valence-electron chi connectivity index (χ3n) is 2.71. The third kappa shape index (κ3) is 4.31. The Morgan fingerprint density at radius 1 is 1.30 bits per heavy atom. The fraction of sp³-hybridized carbons (Fsp3) is 0.500. The van der Waals surface area contributed by atoms with Crippen LogP contribution in [0, 0.1) is 5.92 Å². The minimum absolute atomic E-state index is 0.480. The van der Waals surface area contributed by atoms with Crippen molar-refractivity contribution >= 4 is 0 Å². The summed E-state index contributed by atoms with van der Waals surface area (Å²) < 4.78 is 7.38. The van der Waals surface area contributed by atoms with Gasteiger partial charge in [-0.05, 0) is 25.5 Å². The number of aromatic nitrogens is 4. The molecule has 0 atom stereocenters. The first kappa shape index (κ1) is 14.5. The van der Waals surface area contributed by atoms with Gasteiger partial charge in [-0.2, -0.15) is 10.2 Å². The van der Waals surface area contributed by atoms with Crippen molar-refractivity contribution in [1.29, 1.82) is 0 Å². The molecular weight excluding hydrogens is 254 g/mol. The third-order valence-corrected chi connectivity index (χ3v) is 2.71. The predicted molar refractivity (Wildman–Crippen MR) is 76.6 cm³/mol. The van der Waals surface area contributed by atoms with Crippen LogP contribution in [0.2, 0.25) is 0 Å². The van der Waals surface area contributed by atoms with E-state index < -0.39 is 0 Å². The molecule has 2 aromatic rings. The standard InChI is InChI=1S/C14H21N5O/c1-4-19-10-13(9-16-19)20-14-6-5-12(17-18-14)8-15-7-11(2)3/h5-6,9-11,15H,4,7-8H2,1-3H3. The number of nitrogens with zero attached hydrogens (tertiary/aromatic N) is 4. The maximum Gasteiger partial charge on any atom is 0.239 e. The maximum atomic E-state index is 5.58. The summed E-state index contributed by atoms with van der Waals surface area (Å²) in [5, 5.41) is 15.7. The molecule has 0 bridgehead atoms. The highest BCUT2D eigenvalue weighted by Gasteiger charge is 2.03. The summed E-state index contributed by atoms with van der Waals surface area (Å²) >= 11 is 0. The Labute approximate surface area is 119 Å². The van der Waals surface area contributed by atoms with E-state index in [2.05, 4.69) is 34.5 Å². The van der Waals surface area contributed by atoms with Crippen LogP contribution < -0.4 is 10.1 Å². The number of ether oxygens (including phenoxy) is 1. The highest BCUT2D eigenvalue weighted by atomic mass is 16.5. The van der Waals surface area contributed by atoms with Crippen LogP contribution in [0.1, 0.15) is 26.5 Å². The summed E-state index contributed by atoms with van der Waals surface area (Å²) in [4.78, 5) is 0. The maximum absolute atomic E-state index is 5.58. The summed E-state index contributed by atoms with van der Waals surface area (Å²) in [6, 6.07) is 3.74. The van der Waals surface area contributed by atoms with Gasteiger partial charge in [0.1, 0.15) is 0 Å². The lowest BCUT2D eigenvalue weighted by molar-refractivity contribution is 0.451. The van der Waals surface area contributed by atoms with E-state index in [9.17, 15) is 0 Å². The topological polar surface area (TPSA) is 64.9 Å². The molecule has 0 spiro atoms. The highest BCUT2D eigenvalue weighted by molar-refractivity contribution is 5.21. The largest absolute Gasteiger partial charge is 0.434 e. The molecule has 0 aliphatic heterocycles. The van der Waals surface area contributed by atoms with Gasteiger partial charge in [0.25, 0.3) is 0 Å². The van der Waals surface area contributed by atoms with Crippen molar-refractivity contribution in [2.45, 2.75) is 33.9 Å². The lowest BCUT2D eigenvalue weighted by Gasteiger charge is -2.06. The van der Waals surface area contributed by atoms with Crippen LogP contribution in [0.4, 0.5) is 0 Å².